The number of nitrogens with one attached hydrogen (secondary N) is 1. The van der Waals surface area contributed by atoms with Crippen molar-refractivity contribution < 1.29 is 13.2 Å². The van der Waals surface area contributed by atoms with E-state index >= 15 is 0 Å². The number of nitrogens with zero attached hydrogens (tertiary/aromatic N) is 2. The number of carbonyl (C=O) groups excluding carboxylic acids is 1. The van der Waals surface area contributed by atoms with Gasteiger partial charge in [0.15, 0.2) is 0 Å². The smallest absolute Gasteiger partial charge is 0.272 e. The Balaban J connectivity index is 2.37. The summed E-state index contributed by atoms with van der Waals surface area (Å²) in [7, 11) is -3.64. The van der Waals surface area contributed by atoms with Gasteiger partial charge in [-0.15, -0.1) is 0 Å². The lowest BCUT2D eigenvalue weighted by molar-refractivity contribution is 0.101. The molecule has 0 unspecified atom stereocenters. The lowest BCUT2D eigenvalue weighted by atomic mass is 10.3. The first kappa shape index (κ1) is 21.0. The molecular formula is C17H21BrClN3O3S. The molecule has 0 saturated heterocycles. The van der Waals surface area contributed by atoms with Crippen LogP contribution in [0.3, 0.4) is 0 Å². The second kappa shape index (κ2) is 8.56. The van der Waals surface area contributed by atoms with Crippen molar-refractivity contribution in [3.63, 3.8) is 0 Å². The molecule has 2 rings (SSSR count). The number of aryl methyl sites for hydroxylation is 1. The summed E-state index contributed by atoms with van der Waals surface area (Å²) < 4.78 is 29.3. The minimum atomic E-state index is -3.64. The van der Waals surface area contributed by atoms with Crippen LogP contribution in [0.2, 0.25) is 5.02 Å². The van der Waals surface area contributed by atoms with Gasteiger partial charge in [0.2, 0.25) is 10.0 Å². The number of halogens is 2. The summed E-state index contributed by atoms with van der Waals surface area (Å²) in [6, 6.07) is 6.00. The van der Waals surface area contributed by atoms with Gasteiger partial charge in [-0.1, -0.05) is 25.4 Å². The monoisotopic (exact) mass is 461 g/mol. The van der Waals surface area contributed by atoms with Crippen molar-refractivity contribution in [2.45, 2.75) is 32.2 Å². The van der Waals surface area contributed by atoms with E-state index in [1.807, 2.05) is 6.92 Å². The van der Waals surface area contributed by atoms with Crippen LogP contribution in [0, 0.1) is 0 Å². The quantitative estimate of drug-likeness (QED) is 0.670. The fourth-order valence-electron chi connectivity index (χ4n) is 2.59. The molecule has 0 radical (unpaired) electrons. The Bertz CT molecular complexity index is 908. The van der Waals surface area contributed by atoms with Crippen molar-refractivity contribution in [3.8, 4) is 0 Å². The third kappa shape index (κ3) is 4.31. The highest BCUT2D eigenvalue weighted by atomic mass is 79.9. The molecule has 6 nitrogen and oxygen atoms in total. The van der Waals surface area contributed by atoms with Gasteiger partial charge in [0.1, 0.15) is 5.69 Å². The van der Waals surface area contributed by atoms with Gasteiger partial charge < -0.3 is 9.88 Å². The number of hydrogen-bond donors (Lipinski definition) is 1. The van der Waals surface area contributed by atoms with E-state index in [1.54, 1.807) is 30.7 Å². The van der Waals surface area contributed by atoms with Crippen molar-refractivity contribution in [3.05, 3.63) is 45.7 Å². The first-order chi connectivity index (χ1) is 12.2. The van der Waals surface area contributed by atoms with Gasteiger partial charge in [0.25, 0.3) is 5.91 Å². The first-order valence-electron chi connectivity index (χ1n) is 8.21. The normalized spacial score (nSPS) is 11.8. The highest BCUT2D eigenvalue weighted by Crippen LogP contribution is 2.28. The molecule has 1 heterocycles. The molecule has 0 aliphatic rings. The average Bonchev–Trinajstić information content (AvgIpc) is 2.98. The van der Waals surface area contributed by atoms with E-state index in [0.717, 1.165) is 4.47 Å². The molecule has 9 heteroatoms. The van der Waals surface area contributed by atoms with E-state index in [-0.39, 0.29) is 21.5 Å². The van der Waals surface area contributed by atoms with E-state index in [0.29, 0.717) is 25.3 Å². The van der Waals surface area contributed by atoms with Crippen molar-refractivity contribution in [1.29, 1.82) is 0 Å². The SMILES string of the molecule is CCN(CC)S(=O)(=O)c1ccc(Cl)c(NC(=O)c2cc(Br)cn2CC)c1. The fraction of sp³-hybridized carbons (Fsp3) is 0.353. The van der Waals surface area contributed by atoms with Crippen LogP contribution in [-0.4, -0.2) is 36.3 Å². The lowest BCUT2D eigenvalue weighted by Crippen LogP contribution is -2.30. The number of amides is 1. The maximum absolute atomic E-state index is 12.7. The topological polar surface area (TPSA) is 71.4 Å². The second-order valence-electron chi connectivity index (χ2n) is 5.51. The molecule has 1 aromatic carbocycles. The van der Waals surface area contributed by atoms with Crippen LogP contribution in [-0.2, 0) is 16.6 Å². The van der Waals surface area contributed by atoms with E-state index in [4.69, 9.17) is 11.6 Å². The van der Waals surface area contributed by atoms with E-state index < -0.39 is 10.0 Å². The Hall–Kier alpha value is -1.35. The van der Waals surface area contributed by atoms with Crippen LogP contribution in [0.5, 0.6) is 0 Å². The van der Waals surface area contributed by atoms with Gasteiger partial charge in [-0.3, -0.25) is 4.79 Å². The Labute approximate surface area is 167 Å². The molecule has 0 fully saturated rings. The van der Waals surface area contributed by atoms with Crippen LogP contribution < -0.4 is 5.32 Å². The summed E-state index contributed by atoms with van der Waals surface area (Å²) in [4.78, 5) is 12.7. The molecule has 142 valence electrons. The Kier molecular flexibility index (Phi) is 6.90. The molecule has 0 aliphatic carbocycles. The molecule has 0 saturated carbocycles. The van der Waals surface area contributed by atoms with Gasteiger partial charge in [-0.05, 0) is 47.1 Å². The molecule has 0 atom stereocenters. The average molecular weight is 463 g/mol. The fourth-order valence-corrected chi connectivity index (χ4v) is 4.70. The number of aromatic nitrogens is 1. The number of rotatable bonds is 7. The van der Waals surface area contributed by atoms with Crippen molar-refractivity contribution in [2.75, 3.05) is 18.4 Å². The van der Waals surface area contributed by atoms with Crippen LogP contribution in [0.4, 0.5) is 5.69 Å². The van der Waals surface area contributed by atoms with Crippen LogP contribution in [0.15, 0.2) is 39.8 Å². The maximum Gasteiger partial charge on any atom is 0.272 e. The largest absolute Gasteiger partial charge is 0.343 e. The first-order valence-corrected chi connectivity index (χ1v) is 10.8. The van der Waals surface area contributed by atoms with Crippen molar-refractivity contribution in [2.24, 2.45) is 0 Å². The Morgan fingerprint density at radius 1 is 1.23 bits per heavy atom. The zero-order valence-electron chi connectivity index (χ0n) is 14.8. The number of carbonyl (C=O) groups is 1. The third-order valence-electron chi connectivity index (χ3n) is 3.97. The molecule has 1 amide bonds. The highest BCUT2D eigenvalue weighted by molar-refractivity contribution is 9.10. The highest BCUT2D eigenvalue weighted by Gasteiger charge is 2.23. The molecule has 0 bridgehead atoms. The zero-order chi connectivity index (χ0) is 19.5. The summed E-state index contributed by atoms with van der Waals surface area (Å²) in [6.45, 7) is 6.82. The zero-order valence-corrected chi connectivity index (χ0v) is 17.9. The van der Waals surface area contributed by atoms with Gasteiger partial charge in [-0.25, -0.2) is 8.42 Å². The molecular weight excluding hydrogens is 442 g/mol. The molecule has 2 aromatic rings. The predicted octanol–water partition coefficient (Wildman–Crippen LogP) is 4.21. The maximum atomic E-state index is 12.7. The molecule has 1 N–H and O–H groups in total. The predicted molar refractivity (Wildman–Crippen MR) is 107 cm³/mol. The number of anilines is 1. The van der Waals surface area contributed by atoms with Gasteiger partial charge in [0, 0.05) is 30.3 Å². The van der Waals surface area contributed by atoms with E-state index in [2.05, 4.69) is 21.2 Å². The molecule has 1 aromatic heterocycles. The third-order valence-corrected chi connectivity index (χ3v) is 6.77. The standard InChI is InChI=1S/C17H21BrClN3O3S/c1-4-21-11-12(18)9-16(21)17(23)20-15-10-13(7-8-14(15)19)26(24,25)22(5-2)6-3/h7-11H,4-6H2,1-3H3,(H,20,23). The number of sulfonamides is 1. The van der Waals surface area contributed by atoms with Crippen molar-refractivity contribution >= 4 is 49.1 Å². The van der Waals surface area contributed by atoms with E-state index in [1.165, 1.54) is 22.5 Å². The van der Waals surface area contributed by atoms with Crippen LogP contribution >= 0.6 is 27.5 Å². The van der Waals surface area contributed by atoms with Crippen LogP contribution in [0.25, 0.3) is 0 Å². The number of hydrogen-bond acceptors (Lipinski definition) is 3. The summed E-state index contributed by atoms with van der Waals surface area (Å²) >= 11 is 9.51. The second-order valence-corrected chi connectivity index (χ2v) is 8.78. The van der Waals surface area contributed by atoms with Crippen molar-refractivity contribution in [1.82, 2.24) is 8.87 Å². The Morgan fingerprint density at radius 3 is 2.46 bits per heavy atom. The minimum Gasteiger partial charge on any atom is -0.343 e. The Morgan fingerprint density at radius 2 is 1.88 bits per heavy atom. The molecule has 0 aliphatic heterocycles. The summed E-state index contributed by atoms with van der Waals surface area (Å²) in [6.07, 6.45) is 1.80. The van der Waals surface area contributed by atoms with Gasteiger partial charge in [0.05, 0.1) is 15.6 Å². The summed E-state index contributed by atoms with van der Waals surface area (Å²) in [5.41, 5.74) is 0.706. The molecule has 0 spiro atoms. The number of benzene rings is 1. The summed E-state index contributed by atoms with van der Waals surface area (Å²) in [5, 5.41) is 2.98. The van der Waals surface area contributed by atoms with E-state index in [9.17, 15) is 13.2 Å². The van der Waals surface area contributed by atoms with Crippen LogP contribution in [0.1, 0.15) is 31.3 Å². The minimum absolute atomic E-state index is 0.0907. The summed E-state index contributed by atoms with van der Waals surface area (Å²) in [5.74, 6) is -0.364. The lowest BCUT2D eigenvalue weighted by Gasteiger charge is -2.19. The van der Waals surface area contributed by atoms with Gasteiger partial charge in [-0.2, -0.15) is 4.31 Å². The molecule has 26 heavy (non-hydrogen) atoms. The van der Waals surface area contributed by atoms with Gasteiger partial charge >= 0.3 is 0 Å².